The van der Waals surface area contributed by atoms with Crippen LogP contribution in [0.1, 0.15) is 12.5 Å². The van der Waals surface area contributed by atoms with Crippen LogP contribution in [-0.2, 0) is 0 Å². The molecule has 6 aromatic rings. The van der Waals surface area contributed by atoms with E-state index < -0.39 is 0 Å². The third-order valence-electron chi connectivity index (χ3n) is 7.04. The second-order valence-electron chi connectivity index (χ2n) is 9.22. The van der Waals surface area contributed by atoms with E-state index in [0.29, 0.717) is 0 Å². The van der Waals surface area contributed by atoms with E-state index in [1.54, 1.807) is 0 Å². The quantitative estimate of drug-likeness (QED) is 0.134. The van der Waals surface area contributed by atoms with Crippen LogP contribution in [0.5, 0.6) is 0 Å². The maximum absolute atomic E-state index is 4.36. The molecule has 0 aliphatic rings. The zero-order chi connectivity index (χ0) is 25.2. The van der Waals surface area contributed by atoms with Gasteiger partial charge in [0.05, 0.1) is 5.69 Å². The molecule has 0 aliphatic carbocycles. The smallest absolute Gasteiger partial charge is 0.0700 e. The molecule has 0 atom stereocenters. The van der Waals surface area contributed by atoms with E-state index in [2.05, 4.69) is 127 Å². The highest BCUT2D eigenvalue weighted by Gasteiger charge is 2.17. The summed E-state index contributed by atoms with van der Waals surface area (Å²) in [6, 6.07) is 39.4. The third-order valence-corrected chi connectivity index (χ3v) is 7.04. The minimum absolute atomic E-state index is 0.880. The Hall–Kier alpha value is -4.75. The molecule has 0 radical (unpaired) electrons. The first kappa shape index (κ1) is 22.7. The maximum Gasteiger partial charge on any atom is 0.0700 e. The number of aliphatic imine (C=N–C) groups is 1. The van der Waals surface area contributed by atoms with Crippen LogP contribution in [0, 0.1) is 0 Å². The predicted molar refractivity (Wildman–Crippen MR) is 163 cm³/mol. The number of allylic oxidation sites excluding steroid dienone is 3. The molecule has 0 aromatic heterocycles. The molecule has 37 heavy (non-hydrogen) atoms. The summed E-state index contributed by atoms with van der Waals surface area (Å²) < 4.78 is 0. The predicted octanol–water partition coefficient (Wildman–Crippen LogP) is 10.4. The molecule has 1 heteroatoms. The van der Waals surface area contributed by atoms with E-state index in [1.807, 2.05) is 25.2 Å². The van der Waals surface area contributed by atoms with Crippen molar-refractivity contribution in [1.29, 1.82) is 0 Å². The fourth-order valence-electron chi connectivity index (χ4n) is 5.34. The van der Waals surface area contributed by atoms with E-state index in [9.17, 15) is 0 Å². The van der Waals surface area contributed by atoms with Gasteiger partial charge in [-0.1, -0.05) is 121 Å². The summed E-state index contributed by atoms with van der Waals surface area (Å²) >= 11 is 0. The second-order valence-corrected chi connectivity index (χ2v) is 9.22. The Bertz CT molecular complexity index is 1800. The summed E-state index contributed by atoms with van der Waals surface area (Å²) in [6.45, 7) is 5.87. The van der Waals surface area contributed by atoms with Crippen molar-refractivity contribution in [3.8, 4) is 22.3 Å². The van der Waals surface area contributed by atoms with Gasteiger partial charge in [0.1, 0.15) is 0 Å². The van der Waals surface area contributed by atoms with E-state index in [-0.39, 0.29) is 0 Å². The number of benzene rings is 6. The molecule has 0 aliphatic heterocycles. The number of fused-ring (bicyclic) bond motifs is 3. The van der Waals surface area contributed by atoms with Crippen molar-refractivity contribution >= 4 is 50.8 Å². The van der Waals surface area contributed by atoms with Crippen LogP contribution in [0.2, 0.25) is 0 Å². The van der Waals surface area contributed by atoms with Crippen LogP contribution in [-0.4, -0.2) is 6.72 Å². The fourth-order valence-corrected chi connectivity index (χ4v) is 5.34. The summed E-state index contributed by atoms with van der Waals surface area (Å²) in [7, 11) is 0. The van der Waals surface area contributed by atoms with Gasteiger partial charge in [-0.15, -0.1) is 0 Å². The molecule has 176 valence electrons. The first-order valence-corrected chi connectivity index (χ1v) is 12.6. The molecule has 0 bridgehead atoms. The molecule has 0 heterocycles. The van der Waals surface area contributed by atoms with E-state index >= 15 is 0 Å². The number of rotatable bonds is 5. The van der Waals surface area contributed by atoms with Crippen LogP contribution >= 0.6 is 0 Å². The first-order chi connectivity index (χ1) is 18.3. The molecule has 0 N–H and O–H groups in total. The van der Waals surface area contributed by atoms with Gasteiger partial charge in [-0.2, -0.15) is 0 Å². The highest BCUT2D eigenvalue weighted by molar-refractivity contribution is 6.21. The van der Waals surface area contributed by atoms with Gasteiger partial charge in [0.15, 0.2) is 0 Å². The van der Waals surface area contributed by atoms with Gasteiger partial charge in [0.2, 0.25) is 0 Å². The molecule has 0 amide bonds. The molecule has 0 spiro atoms. The topological polar surface area (TPSA) is 12.4 Å². The third kappa shape index (κ3) is 4.05. The van der Waals surface area contributed by atoms with Gasteiger partial charge >= 0.3 is 0 Å². The van der Waals surface area contributed by atoms with Gasteiger partial charge in [0, 0.05) is 5.56 Å². The van der Waals surface area contributed by atoms with E-state index in [4.69, 9.17) is 0 Å². The average molecular weight is 474 g/mol. The minimum Gasteiger partial charge on any atom is -0.264 e. The van der Waals surface area contributed by atoms with Crippen molar-refractivity contribution in [3.63, 3.8) is 0 Å². The molecular weight excluding hydrogens is 446 g/mol. The van der Waals surface area contributed by atoms with Crippen LogP contribution in [0.3, 0.4) is 0 Å². The first-order valence-electron chi connectivity index (χ1n) is 12.6. The van der Waals surface area contributed by atoms with Crippen LogP contribution in [0.4, 0.5) is 5.69 Å². The van der Waals surface area contributed by atoms with Crippen molar-refractivity contribution < 1.29 is 0 Å². The number of hydrogen-bond donors (Lipinski definition) is 0. The van der Waals surface area contributed by atoms with Crippen LogP contribution < -0.4 is 0 Å². The highest BCUT2D eigenvalue weighted by atomic mass is 14.7. The SMILES string of the molecule is C=Nc1cc(-c2c3ccccc3c(-c3ccc4ccccc4c3)c3ccccc23)ccc1/C=C\C=C/C. The van der Waals surface area contributed by atoms with Crippen molar-refractivity contribution in [2.24, 2.45) is 4.99 Å². The minimum atomic E-state index is 0.880. The summed E-state index contributed by atoms with van der Waals surface area (Å²) in [5.41, 5.74) is 6.81. The Morgan fingerprint density at radius 2 is 1.11 bits per heavy atom. The molecular formula is C36H27N. The van der Waals surface area contributed by atoms with Crippen molar-refractivity contribution in [3.05, 3.63) is 133 Å². The zero-order valence-electron chi connectivity index (χ0n) is 20.9. The van der Waals surface area contributed by atoms with Crippen molar-refractivity contribution in [2.45, 2.75) is 6.92 Å². The lowest BCUT2D eigenvalue weighted by atomic mass is 9.85. The normalized spacial score (nSPS) is 11.8. The summed E-state index contributed by atoms with van der Waals surface area (Å²) in [6.07, 6.45) is 8.15. The summed E-state index contributed by atoms with van der Waals surface area (Å²) in [4.78, 5) is 4.36. The lowest BCUT2D eigenvalue weighted by molar-refractivity contribution is 1.52. The second kappa shape index (κ2) is 9.72. The fraction of sp³-hybridized carbons (Fsp3) is 0.0278. The van der Waals surface area contributed by atoms with Crippen molar-refractivity contribution in [2.75, 3.05) is 0 Å². The van der Waals surface area contributed by atoms with Crippen LogP contribution in [0.25, 0.3) is 60.6 Å². The Morgan fingerprint density at radius 3 is 1.70 bits per heavy atom. The van der Waals surface area contributed by atoms with Gasteiger partial charge in [-0.25, -0.2) is 0 Å². The highest BCUT2D eigenvalue weighted by Crippen LogP contribution is 2.44. The Balaban J connectivity index is 1.66. The lowest BCUT2D eigenvalue weighted by Gasteiger charge is -2.18. The molecule has 0 saturated heterocycles. The molecule has 0 fully saturated rings. The number of nitrogens with zero attached hydrogens (tertiary/aromatic N) is 1. The average Bonchev–Trinajstić information content (AvgIpc) is 2.96. The molecule has 0 saturated carbocycles. The van der Waals surface area contributed by atoms with Gasteiger partial charge in [-0.3, -0.25) is 4.99 Å². The Morgan fingerprint density at radius 1 is 0.568 bits per heavy atom. The Labute approximate surface area is 217 Å². The monoisotopic (exact) mass is 473 g/mol. The molecule has 0 unspecified atom stereocenters. The molecule has 6 rings (SSSR count). The standard InChI is InChI=1S/C36H27N/c1-3-4-5-13-26-20-22-29(24-34(26)37-2)36-32-17-10-8-15-30(32)35(31-16-9-11-18-33(31)36)28-21-19-25-12-6-7-14-27(25)23-28/h3-24H,2H2,1H3/b4-3-,13-5-. The summed E-state index contributed by atoms with van der Waals surface area (Å²) in [5.74, 6) is 0. The van der Waals surface area contributed by atoms with E-state index in [0.717, 1.165) is 16.8 Å². The van der Waals surface area contributed by atoms with E-state index in [1.165, 1.54) is 49.0 Å². The maximum atomic E-state index is 4.36. The largest absolute Gasteiger partial charge is 0.264 e. The number of hydrogen-bond acceptors (Lipinski definition) is 1. The van der Waals surface area contributed by atoms with Gasteiger partial charge < -0.3 is 0 Å². The molecule has 1 nitrogen and oxygen atoms in total. The lowest BCUT2D eigenvalue weighted by Crippen LogP contribution is -1.91. The zero-order valence-corrected chi connectivity index (χ0v) is 20.9. The van der Waals surface area contributed by atoms with Crippen LogP contribution in [0.15, 0.2) is 132 Å². The Kier molecular flexibility index (Phi) is 5.96. The molecule has 6 aromatic carbocycles. The summed E-state index contributed by atoms with van der Waals surface area (Å²) in [5, 5.41) is 7.46. The van der Waals surface area contributed by atoms with Crippen molar-refractivity contribution in [1.82, 2.24) is 0 Å². The van der Waals surface area contributed by atoms with Gasteiger partial charge in [0.25, 0.3) is 0 Å². The van der Waals surface area contributed by atoms with Gasteiger partial charge in [-0.05, 0) is 80.3 Å².